The van der Waals surface area contributed by atoms with Crippen LogP contribution in [-0.2, 0) is 9.59 Å². The molecule has 0 atom stereocenters. The van der Waals surface area contributed by atoms with Crippen molar-refractivity contribution in [3.8, 4) is 11.5 Å². The number of imide groups is 1. The molecule has 0 fully saturated rings. The van der Waals surface area contributed by atoms with Crippen LogP contribution in [-0.4, -0.2) is 26.0 Å². The lowest BCUT2D eigenvalue weighted by Crippen LogP contribution is -2.32. The van der Waals surface area contributed by atoms with Gasteiger partial charge < -0.3 is 14.8 Å². The molecule has 3 rings (SSSR count). The highest BCUT2D eigenvalue weighted by molar-refractivity contribution is 6.53. The molecule has 1 N–H and O–H groups in total. The number of benzene rings is 2. The van der Waals surface area contributed by atoms with Crippen LogP contribution in [0.1, 0.15) is 0 Å². The molecule has 2 amide bonds. The Morgan fingerprint density at radius 2 is 1.63 bits per heavy atom. The van der Waals surface area contributed by atoms with Gasteiger partial charge in [-0.15, -0.1) is 0 Å². The van der Waals surface area contributed by atoms with Crippen molar-refractivity contribution in [1.29, 1.82) is 0 Å². The molecule has 0 saturated heterocycles. The fourth-order valence-electron chi connectivity index (χ4n) is 2.52. The van der Waals surface area contributed by atoms with Gasteiger partial charge in [0.15, 0.2) is 0 Å². The molecule has 0 saturated carbocycles. The Hall–Kier alpha value is -2.41. The number of amides is 2. The maximum atomic E-state index is 12.9. The number of halogens is 3. The lowest BCUT2D eigenvalue weighted by molar-refractivity contribution is -0.120. The molecule has 6 nitrogen and oxygen atoms in total. The van der Waals surface area contributed by atoms with Gasteiger partial charge in [0.05, 0.1) is 30.0 Å². The van der Waals surface area contributed by atoms with E-state index < -0.39 is 11.8 Å². The standard InChI is InChI=1S/C18H13Cl3N2O4/c1-26-10-4-6-13(14(8-10)27-2)23-17(24)15(21)16(18(23)25)22-9-3-5-11(19)12(20)7-9/h3-8,22H,1-2H3. The molecule has 2 aromatic rings. The first-order valence-electron chi connectivity index (χ1n) is 7.60. The normalized spacial score (nSPS) is 14.0. The Kier molecular flexibility index (Phi) is 5.51. The predicted octanol–water partition coefficient (Wildman–Crippen LogP) is 4.45. The smallest absolute Gasteiger partial charge is 0.283 e. The van der Waals surface area contributed by atoms with Crippen LogP contribution >= 0.6 is 34.8 Å². The van der Waals surface area contributed by atoms with Crippen LogP contribution in [0.5, 0.6) is 11.5 Å². The summed E-state index contributed by atoms with van der Waals surface area (Å²) < 4.78 is 10.4. The number of nitrogens with one attached hydrogen (secondary N) is 1. The number of rotatable bonds is 5. The monoisotopic (exact) mass is 426 g/mol. The van der Waals surface area contributed by atoms with E-state index in [1.54, 1.807) is 30.3 Å². The van der Waals surface area contributed by atoms with Crippen LogP contribution in [0.15, 0.2) is 47.1 Å². The Morgan fingerprint density at radius 1 is 0.889 bits per heavy atom. The van der Waals surface area contributed by atoms with E-state index in [0.717, 1.165) is 4.90 Å². The molecule has 0 spiro atoms. The predicted molar refractivity (Wildman–Crippen MR) is 105 cm³/mol. The van der Waals surface area contributed by atoms with Crippen molar-refractivity contribution in [2.45, 2.75) is 0 Å². The van der Waals surface area contributed by atoms with Crippen molar-refractivity contribution in [1.82, 2.24) is 0 Å². The highest BCUT2D eigenvalue weighted by Gasteiger charge is 2.40. The maximum Gasteiger partial charge on any atom is 0.283 e. The van der Waals surface area contributed by atoms with E-state index in [4.69, 9.17) is 44.3 Å². The van der Waals surface area contributed by atoms with Crippen LogP contribution in [0.2, 0.25) is 10.0 Å². The van der Waals surface area contributed by atoms with Crippen molar-refractivity contribution in [2.75, 3.05) is 24.4 Å². The number of hydrogen-bond donors (Lipinski definition) is 1. The molecule has 1 aliphatic rings. The average Bonchev–Trinajstić information content (AvgIpc) is 2.87. The summed E-state index contributed by atoms with van der Waals surface area (Å²) in [5.41, 5.74) is 0.637. The second-order valence-electron chi connectivity index (χ2n) is 5.43. The van der Waals surface area contributed by atoms with Gasteiger partial charge >= 0.3 is 0 Å². The van der Waals surface area contributed by atoms with Crippen molar-refractivity contribution in [3.05, 3.63) is 57.2 Å². The first-order chi connectivity index (χ1) is 12.9. The quantitative estimate of drug-likeness (QED) is 0.714. The summed E-state index contributed by atoms with van der Waals surface area (Å²) in [5, 5.41) is 3.24. The van der Waals surface area contributed by atoms with Crippen LogP contribution in [0.3, 0.4) is 0 Å². The van der Waals surface area contributed by atoms with E-state index in [1.807, 2.05) is 0 Å². The zero-order chi connectivity index (χ0) is 19.7. The van der Waals surface area contributed by atoms with Gasteiger partial charge in [0.2, 0.25) is 0 Å². The lowest BCUT2D eigenvalue weighted by Gasteiger charge is -2.18. The molecule has 0 bridgehead atoms. The van der Waals surface area contributed by atoms with E-state index in [-0.39, 0.29) is 22.2 Å². The van der Waals surface area contributed by atoms with E-state index >= 15 is 0 Å². The molecule has 0 aromatic heterocycles. The van der Waals surface area contributed by atoms with E-state index in [1.165, 1.54) is 20.3 Å². The summed E-state index contributed by atoms with van der Waals surface area (Å²) in [5.74, 6) is -0.494. The Labute approximate surface area is 170 Å². The van der Waals surface area contributed by atoms with Crippen LogP contribution < -0.4 is 19.7 Å². The fourth-order valence-corrected chi connectivity index (χ4v) is 3.03. The van der Waals surface area contributed by atoms with Gasteiger partial charge in [-0.05, 0) is 30.3 Å². The minimum absolute atomic E-state index is 0.0714. The maximum absolute atomic E-state index is 12.9. The third-order valence-electron chi connectivity index (χ3n) is 3.84. The largest absolute Gasteiger partial charge is 0.497 e. The van der Waals surface area contributed by atoms with Gasteiger partial charge in [-0.3, -0.25) is 9.59 Å². The number of carbonyl (C=O) groups excluding carboxylic acids is 2. The zero-order valence-electron chi connectivity index (χ0n) is 14.2. The number of ether oxygens (including phenoxy) is 2. The molecule has 1 heterocycles. The van der Waals surface area contributed by atoms with Gasteiger partial charge in [-0.1, -0.05) is 34.8 Å². The lowest BCUT2D eigenvalue weighted by atomic mass is 10.2. The fraction of sp³-hybridized carbons (Fsp3) is 0.111. The SMILES string of the molecule is COc1ccc(N2C(=O)C(Cl)=C(Nc3ccc(Cl)c(Cl)c3)C2=O)c(OC)c1. The van der Waals surface area contributed by atoms with Crippen LogP contribution in [0, 0.1) is 0 Å². The summed E-state index contributed by atoms with van der Waals surface area (Å²) in [6.07, 6.45) is 0. The number of hydrogen-bond acceptors (Lipinski definition) is 5. The number of carbonyl (C=O) groups is 2. The second kappa shape index (κ2) is 7.68. The molecule has 9 heteroatoms. The summed E-state index contributed by atoms with van der Waals surface area (Å²) in [6.45, 7) is 0. The van der Waals surface area contributed by atoms with Gasteiger partial charge in [0.25, 0.3) is 11.8 Å². The molecule has 1 aliphatic heterocycles. The van der Waals surface area contributed by atoms with Gasteiger partial charge in [0.1, 0.15) is 22.2 Å². The van der Waals surface area contributed by atoms with Crippen molar-refractivity contribution >= 4 is 58.0 Å². The topological polar surface area (TPSA) is 67.9 Å². The summed E-state index contributed by atoms with van der Waals surface area (Å²) in [4.78, 5) is 26.4. The van der Waals surface area contributed by atoms with Crippen LogP contribution in [0.25, 0.3) is 0 Å². The molecule has 27 heavy (non-hydrogen) atoms. The summed E-state index contributed by atoms with van der Waals surface area (Å²) >= 11 is 18.0. The Balaban J connectivity index is 1.95. The molecular formula is C18H13Cl3N2O4. The van der Waals surface area contributed by atoms with Crippen molar-refractivity contribution < 1.29 is 19.1 Å². The molecular weight excluding hydrogens is 415 g/mol. The molecule has 140 valence electrons. The third-order valence-corrected chi connectivity index (χ3v) is 4.93. The second-order valence-corrected chi connectivity index (χ2v) is 6.62. The zero-order valence-corrected chi connectivity index (χ0v) is 16.4. The summed E-state index contributed by atoms with van der Waals surface area (Å²) in [7, 11) is 2.92. The first kappa shape index (κ1) is 19.4. The average molecular weight is 428 g/mol. The van der Waals surface area contributed by atoms with Crippen molar-refractivity contribution in [2.24, 2.45) is 0 Å². The highest BCUT2D eigenvalue weighted by atomic mass is 35.5. The highest BCUT2D eigenvalue weighted by Crippen LogP contribution is 2.38. The minimum atomic E-state index is -0.673. The van der Waals surface area contributed by atoms with E-state index in [2.05, 4.69) is 5.32 Å². The van der Waals surface area contributed by atoms with E-state index in [0.29, 0.717) is 21.5 Å². The number of nitrogens with zero attached hydrogens (tertiary/aromatic N) is 1. The third kappa shape index (κ3) is 3.56. The van der Waals surface area contributed by atoms with E-state index in [9.17, 15) is 9.59 Å². The van der Waals surface area contributed by atoms with Crippen molar-refractivity contribution in [3.63, 3.8) is 0 Å². The first-order valence-corrected chi connectivity index (χ1v) is 8.73. The Bertz CT molecular complexity index is 975. The molecule has 2 aromatic carbocycles. The molecule has 0 radical (unpaired) electrons. The van der Waals surface area contributed by atoms with Gasteiger partial charge in [0, 0.05) is 11.8 Å². The molecule has 0 aliphatic carbocycles. The van der Waals surface area contributed by atoms with Crippen LogP contribution in [0.4, 0.5) is 11.4 Å². The molecule has 0 unspecified atom stereocenters. The number of methoxy groups -OCH3 is 2. The summed E-state index contributed by atoms with van der Waals surface area (Å²) in [6, 6.07) is 9.41. The number of anilines is 2. The van der Waals surface area contributed by atoms with Gasteiger partial charge in [-0.25, -0.2) is 4.90 Å². The minimum Gasteiger partial charge on any atom is -0.497 e. The Morgan fingerprint density at radius 3 is 2.26 bits per heavy atom. The van der Waals surface area contributed by atoms with Gasteiger partial charge in [-0.2, -0.15) is 0 Å².